The SMILES string of the molecule is OCCn1ccc2cc(C#Cc3ccc(Br)cn3)ccc21. The summed E-state index contributed by atoms with van der Waals surface area (Å²) < 4.78 is 2.97. The van der Waals surface area contributed by atoms with Crippen LogP contribution >= 0.6 is 15.9 Å². The fourth-order valence-electron chi connectivity index (χ4n) is 2.17. The lowest BCUT2D eigenvalue weighted by Gasteiger charge is -2.02. The molecule has 104 valence electrons. The molecule has 4 heteroatoms. The van der Waals surface area contributed by atoms with Crippen LogP contribution in [-0.2, 0) is 6.54 Å². The van der Waals surface area contributed by atoms with Gasteiger partial charge in [0.25, 0.3) is 0 Å². The van der Waals surface area contributed by atoms with E-state index in [1.807, 2.05) is 41.1 Å². The lowest BCUT2D eigenvalue weighted by molar-refractivity contribution is 0.278. The third-order valence-electron chi connectivity index (χ3n) is 3.17. The Kier molecular flexibility index (Phi) is 4.05. The van der Waals surface area contributed by atoms with Gasteiger partial charge in [-0.1, -0.05) is 5.92 Å². The van der Waals surface area contributed by atoms with Gasteiger partial charge in [-0.2, -0.15) is 0 Å². The molecule has 0 unspecified atom stereocenters. The van der Waals surface area contributed by atoms with Crippen LogP contribution in [0.4, 0.5) is 0 Å². The number of aliphatic hydroxyl groups is 1. The smallest absolute Gasteiger partial charge is 0.113 e. The Morgan fingerprint density at radius 3 is 2.81 bits per heavy atom. The summed E-state index contributed by atoms with van der Waals surface area (Å²) in [5.41, 5.74) is 2.81. The average molecular weight is 341 g/mol. The molecule has 2 aromatic heterocycles. The van der Waals surface area contributed by atoms with E-state index in [2.05, 4.69) is 38.8 Å². The summed E-state index contributed by atoms with van der Waals surface area (Å²) in [4.78, 5) is 4.23. The quantitative estimate of drug-likeness (QED) is 0.727. The number of rotatable bonds is 2. The number of pyridine rings is 1. The summed E-state index contributed by atoms with van der Waals surface area (Å²) in [5.74, 6) is 6.18. The zero-order valence-electron chi connectivity index (χ0n) is 11.3. The molecular formula is C17H13BrN2O. The molecule has 21 heavy (non-hydrogen) atoms. The number of fused-ring (bicyclic) bond motifs is 1. The highest BCUT2D eigenvalue weighted by Crippen LogP contribution is 2.17. The minimum Gasteiger partial charge on any atom is -0.395 e. The monoisotopic (exact) mass is 340 g/mol. The van der Waals surface area contributed by atoms with Gasteiger partial charge in [-0.15, -0.1) is 0 Å². The summed E-state index contributed by atoms with van der Waals surface area (Å²) in [6.07, 6.45) is 3.72. The van der Waals surface area contributed by atoms with E-state index in [1.165, 1.54) is 0 Å². The Hall–Kier alpha value is -2.09. The van der Waals surface area contributed by atoms with Gasteiger partial charge in [-0.3, -0.25) is 0 Å². The van der Waals surface area contributed by atoms with E-state index in [0.717, 1.165) is 26.6 Å². The summed E-state index contributed by atoms with van der Waals surface area (Å²) in [5, 5.41) is 10.2. The molecule has 0 fully saturated rings. The minimum absolute atomic E-state index is 0.139. The van der Waals surface area contributed by atoms with E-state index in [9.17, 15) is 0 Å². The lowest BCUT2D eigenvalue weighted by Crippen LogP contribution is -1.99. The molecular weight excluding hydrogens is 328 g/mol. The lowest BCUT2D eigenvalue weighted by atomic mass is 10.1. The first-order valence-electron chi connectivity index (χ1n) is 6.59. The number of nitrogens with zero attached hydrogens (tertiary/aromatic N) is 2. The van der Waals surface area contributed by atoms with Crippen molar-refractivity contribution in [3.8, 4) is 11.8 Å². The molecule has 0 saturated heterocycles. The third kappa shape index (κ3) is 3.15. The number of aromatic nitrogens is 2. The molecule has 0 saturated carbocycles. The maximum Gasteiger partial charge on any atom is 0.113 e. The Balaban J connectivity index is 1.90. The minimum atomic E-state index is 0.139. The molecule has 0 atom stereocenters. The summed E-state index contributed by atoms with van der Waals surface area (Å²) >= 11 is 3.35. The highest BCUT2D eigenvalue weighted by molar-refractivity contribution is 9.10. The van der Waals surface area contributed by atoms with Gasteiger partial charge >= 0.3 is 0 Å². The molecule has 3 nitrogen and oxygen atoms in total. The van der Waals surface area contributed by atoms with Crippen LogP contribution in [0.5, 0.6) is 0 Å². The Labute approximate surface area is 131 Å². The predicted octanol–water partition coefficient (Wildman–Crippen LogP) is 3.19. The van der Waals surface area contributed by atoms with Crippen molar-refractivity contribution < 1.29 is 5.11 Å². The van der Waals surface area contributed by atoms with Gasteiger partial charge in [0.1, 0.15) is 5.69 Å². The maximum absolute atomic E-state index is 9.03. The van der Waals surface area contributed by atoms with Gasteiger partial charge in [-0.05, 0) is 58.2 Å². The topological polar surface area (TPSA) is 38.0 Å². The Morgan fingerprint density at radius 2 is 2.05 bits per heavy atom. The average Bonchev–Trinajstić information content (AvgIpc) is 2.90. The van der Waals surface area contributed by atoms with E-state index < -0.39 is 0 Å². The first-order valence-corrected chi connectivity index (χ1v) is 7.39. The van der Waals surface area contributed by atoms with Crippen LogP contribution in [0.2, 0.25) is 0 Å². The molecule has 0 radical (unpaired) electrons. The van der Waals surface area contributed by atoms with Crippen molar-refractivity contribution in [3.05, 3.63) is 64.5 Å². The van der Waals surface area contributed by atoms with Crippen LogP contribution in [0, 0.1) is 11.8 Å². The number of hydrogen-bond acceptors (Lipinski definition) is 2. The Morgan fingerprint density at radius 1 is 1.14 bits per heavy atom. The highest BCUT2D eigenvalue weighted by Gasteiger charge is 2.00. The van der Waals surface area contributed by atoms with Crippen LogP contribution in [0.1, 0.15) is 11.3 Å². The van der Waals surface area contributed by atoms with Crippen LogP contribution in [0.15, 0.2) is 53.3 Å². The van der Waals surface area contributed by atoms with Gasteiger partial charge in [0, 0.05) is 39.9 Å². The molecule has 0 aliphatic heterocycles. The van der Waals surface area contributed by atoms with Crippen LogP contribution < -0.4 is 0 Å². The first-order chi connectivity index (χ1) is 10.3. The first kappa shape index (κ1) is 13.9. The second-order valence-electron chi connectivity index (χ2n) is 4.62. The molecule has 3 aromatic rings. The predicted molar refractivity (Wildman–Crippen MR) is 86.9 cm³/mol. The standard InChI is InChI=1S/C17H13BrN2O/c18-15-3-5-16(19-12-15)4-1-13-2-6-17-14(11-13)7-8-20(17)9-10-21/h2-3,5-8,11-12,21H,9-10H2. The van der Waals surface area contributed by atoms with E-state index >= 15 is 0 Å². The van der Waals surface area contributed by atoms with E-state index in [4.69, 9.17) is 5.11 Å². The van der Waals surface area contributed by atoms with E-state index in [1.54, 1.807) is 6.20 Å². The van der Waals surface area contributed by atoms with Crippen molar-refractivity contribution in [2.24, 2.45) is 0 Å². The van der Waals surface area contributed by atoms with Crippen molar-refractivity contribution >= 4 is 26.8 Å². The number of benzene rings is 1. The fourth-order valence-corrected chi connectivity index (χ4v) is 2.40. The van der Waals surface area contributed by atoms with Gasteiger partial charge in [-0.25, -0.2) is 4.98 Å². The second kappa shape index (κ2) is 6.13. The summed E-state index contributed by atoms with van der Waals surface area (Å²) in [6, 6.07) is 11.9. The zero-order chi connectivity index (χ0) is 14.7. The van der Waals surface area contributed by atoms with Crippen LogP contribution in [0.25, 0.3) is 10.9 Å². The largest absolute Gasteiger partial charge is 0.395 e. The Bertz CT molecular complexity index is 825. The van der Waals surface area contributed by atoms with Crippen molar-refractivity contribution in [2.45, 2.75) is 6.54 Å². The molecule has 1 aromatic carbocycles. The molecule has 2 heterocycles. The normalized spacial score (nSPS) is 10.4. The van der Waals surface area contributed by atoms with E-state index in [0.29, 0.717) is 6.54 Å². The number of halogens is 1. The summed E-state index contributed by atoms with van der Waals surface area (Å²) in [7, 11) is 0. The second-order valence-corrected chi connectivity index (χ2v) is 5.53. The number of hydrogen-bond donors (Lipinski definition) is 1. The summed E-state index contributed by atoms with van der Waals surface area (Å²) in [6.45, 7) is 0.748. The van der Waals surface area contributed by atoms with Gasteiger partial charge < -0.3 is 9.67 Å². The van der Waals surface area contributed by atoms with Gasteiger partial charge in [0.2, 0.25) is 0 Å². The molecule has 1 N–H and O–H groups in total. The fraction of sp³-hybridized carbons (Fsp3) is 0.118. The molecule has 0 aliphatic rings. The molecule has 0 amide bonds. The molecule has 0 bridgehead atoms. The van der Waals surface area contributed by atoms with Crippen LogP contribution in [0.3, 0.4) is 0 Å². The van der Waals surface area contributed by atoms with Crippen molar-refractivity contribution in [1.29, 1.82) is 0 Å². The van der Waals surface area contributed by atoms with Crippen molar-refractivity contribution in [2.75, 3.05) is 6.61 Å². The molecule has 3 rings (SSSR count). The third-order valence-corrected chi connectivity index (χ3v) is 3.64. The van der Waals surface area contributed by atoms with Crippen LogP contribution in [-0.4, -0.2) is 21.3 Å². The zero-order valence-corrected chi connectivity index (χ0v) is 12.8. The van der Waals surface area contributed by atoms with Crippen molar-refractivity contribution in [1.82, 2.24) is 9.55 Å². The maximum atomic E-state index is 9.03. The van der Waals surface area contributed by atoms with Gasteiger partial charge in [0.15, 0.2) is 0 Å². The number of aliphatic hydroxyl groups excluding tert-OH is 1. The van der Waals surface area contributed by atoms with Gasteiger partial charge in [0.05, 0.1) is 6.61 Å². The van der Waals surface area contributed by atoms with Crippen molar-refractivity contribution in [3.63, 3.8) is 0 Å². The van der Waals surface area contributed by atoms with E-state index in [-0.39, 0.29) is 6.61 Å². The molecule has 0 spiro atoms. The highest BCUT2D eigenvalue weighted by atomic mass is 79.9. The molecule has 0 aliphatic carbocycles.